The minimum Gasteiger partial charge on any atom is -0.495 e. The van der Waals surface area contributed by atoms with E-state index in [1.54, 1.807) is 74.1 Å². The molecule has 9 aromatic heterocycles. The highest BCUT2D eigenvalue weighted by Crippen LogP contribution is 2.51. The van der Waals surface area contributed by atoms with Gasteiger partial charge in [-0.3, -0.25) is 42.3 Å². The van der Waals surface area contributed by atoms with Gasteiger partial charge in [-0.05, 0) is 132 Å². The van der Waals surface area contributed by atoms with Crippen LogP contribution in [0.3, 0.4) is 0 Å². The number of aryl methyl sites for hydroxylation is 3. The molecule has 662 valence electrons. The number of hydrogen-bond donors (Lipinski definition) is 3. The van der Waals surface area contributed by atoms with E-state index < -0.39 is 0 Å². The van der Waals surface area contributed by atoms with Crippen molar-refractivity contribution in [3.05, 3.63) is 165 Å². The third kappa shape index (κ3) is 19.8. The number of rotatable bonds is 31. The van der Waals surface area contributed by atoms with Crippen molar-refractivity contribution in [2.45, 2.75) is 64.2 Å². The first-order chi connectivity index (χ1) is 61.2. The molecule has 3 N–H and O–H groups in total. The highest BCUT2D eigenvalue weighted by atomic mass is 35.5. The van der Waals surface area contributed by atoms with Crippen LogP contribution < -0.4 is 44.4 Å². The number of pyridine rings is 4. The van der Waals surface area contributed by atoms with Crippen LogP contribution >= 0.6 is 69.6 Å². The Morgan fingerprint density at radius 1 is 0.397 bits per heavy atom. The molecule has 12 heterocycles. The Labute approximate surface area is 760 Å². The largest absolute Gasteiger partial charge is 0.495 e. The number of ether oxygens (including phenoxy) is 6. The fraction of sp³-hybridized carbons (Fsp3) is 0.396. The SMILES string of the molecule is C=CC(=O)N1CCN(CCCc2cn3c(n2)c(-c2c(Cl)c(OC)cc(OC)c2Cl)cc2cnc(NC)nc23)CC1.C=CC(=O)N1CCN(CCCc2cn3c(n2)c(-c2c(Cl)c(OC)cc(OC)c2Cl)cc2cnc(NCC4CC4)cc23)CC1.C=CC(=O)N1CCN(CCCc2cn3c(n2)c(-c2c(Cl)c(OC)cc(OC)c2Cl)cc2cnc(NCC4CC4)nc23)CC1. The predicted molar refractivity (Wildman–Crippen MR) is 499 cm³/mol. The van der Waals surface area contributed by atoms with Gasteiger partial charge in [0.15, 0.2) is 11.3 Å². The number of nitrogens with one attached hydrogen (secondary N) is 3. The molecule has 0 unspecified atom stereocenters. The highest BCUT2D eigenvalue weighted by Gasteiger charge is 2.31. The number of aromatic nitrogens is 11. The highest BCUT2D eigenvalue weighted by molar-refractivity contribution is 6.43. The number of amides is 3. The number of methoxy groups -OCH3 is 6. The van der Waals surface area contributed by atoms with Crippen molar-refractivity contribution in [1.29, 1.82) is 0 Å². The summed E-state index contributed by atoms with van der Waals surface area (Å²) in [6.45, 7) is 24.8. The first-order valence-electron chi connectivity index (χ1n) is 42.2. The fourth-order valence-electron chi connectivity index (χ4n) is 16.3. The molecule has 3 saturated heterocycles. The van der Waals surface area contributed by atoms with E-state index in [0.29, 0.717) is 129 Å². The van der Waals surface area contributed by atoms with Crippen LogP contribution in [0.1, 0.15) is 62.0 Å². The molecular weight excluding hydrogens is 1730 g/mol. The molecule has 3 amide bonds. The lowest BCUT2D eigenvalue weighted by atomic mass is 10.0. The van der Waals surface area contributed by atoms with E-state index in [0.717, 1.165) is 215 Å². The monoisotopic (exact) mass is 1830 g/mol. The van der Waals surface area contributed by atoms with E-state index in [1.165, 1.54) is 43.9 Å². The van der Waals surface area contributed by atoms with Gasteiger partial charge in [0.1, 0.15) is 57.3 Å². The number of hydrogen-bond acceptors (Lipinski definition) is 23. The number of piperazine rings is 3. The topological polar surface area (TPSA) is 278 Å². The van der Waals surface area contributed by atoms with Crippen molar-refractivity contribution in [3.8, 4) is 67.9 Å². The maximum Gasteiger partial charge on any atom is 0.246 e. The number of benzene rings is 3. The summed E-state index contributed by atoms with van der Waals surface area (Å²) in [6, 6.07) is 13.1. The van der Waals surface area contributed by atoms with Gasteiger partial charge in [-0.1, -0.05) is 89.3 Å². The van der Waals surface area contributed by atoms with Gasteiger partial charge in [0.05, 0.1) is 95.4 Å². The molecule has 0 radical (unpaired) electrons. The van der Waals surface area contributed by atoms with Crippen LogP contribution in [0.4, 0.5) is 17.7 Å². The molecule has 2 aliphatic carbocycles. The van der Waals surface area contributed by atoms with E-state index in [2.05, 4.69) is 77.0 Å². The summed E-state index contributed by atoms with van der Waals surface area (Å²) in [7, 11) is 11.1. The molecule has 3 aromatic carbocycles. The standard InChI is InChI=1S/C32H36Cl2N6O3.C31H35Cl2N7O3.C28H31Cl2N7O3/c1-4-28(41)39-12-10-38(11-13-39)9-5-6-22-19-40-24-15-27(35-17-20-7-8-20)36-18-21(24)14-23(32(40)37-22)29-30(33)25(42-2)16-26(43-3)31(29)34;1-4-25(41)39-12-10-38(11-13-39)9-5-6-21-18-40-29-20(17-35-31(37-29)34-16-19-7-8-19)14-22(30(40)36-21)26-27(32)23(42-2)15-24(43-3)28(26)33;1-5-22(38)36-11-9-35(10-12-36)8-6-7-18-16-37-26-17(15-32-28(31-2)34-26)13-19(27(37)33-18)23-24(29)20(39-3)14-21(40-4)25(23)30/h4,14-16,18-20H,1,5-13,17H2,2-3H3,(H,35,36);4,14-15,17-19H,1,5-13,16H2,2-3H3,(H,34,35,37);5,13-16H,1,6-12H2,2-4H3,(H,31,32,34). The molecule has 35 heteroatoms. The molecule has 17 rings (SSSR count). The van der Waals surface area contributed by atoms with Crippen LogP contribution in [-0.2, 0) is 33.6 Å². The van der Waals surface area contributed by atoms with Gasteiger partial charge in [0.2, 0.25) is 29.6 Å². The summed E-state index contributed by atoms with van der Waals surface area (Å²) in [5, 5.41) is 14.7. The molecule has 0 bridgehead atoms. The number of carbonyl (C=O) groups excluding carboxylic acids is 3. The van der Waals surface area contributed by atoms with Gasteiger partial charge >= 0.3 is 0 Å². The minimum absolute atomic E-state index is 0.00217. The summed E-state index contributed by atoms with van der Waals surface area (Å²) >= 11 is 41.1. The number of halogens is 6. The summed E-state index contributed by atoms with van der Waals surface area (Å²) in [5.74, 6) is 6.09. The van der Waals surface area contributed by atoms with Crippen LogP contribution in [-0.4, -0.2) is 261 Å². The third-order valence-electron chi connectivity index (χ3n) is 23.7. The molecule has 12 aromatic rings. The quantitative estimate of drug-likeness (QED) is 0.0340. The fourth-order valence-corrected chi connectivity index (χ4v) is 18.4. The number of imidazole rings is 3. The molecule has 5 fully saturated rings. The molecule has 0 spiro atoms. The molecular formula is C91H102Cl6N20O9. The van der Waals surface area contributed by atoms with Gasteiger partial charge in [-0.25, -0.2) is 29.9 Å². The van der Waals surface area contributed by atoms with Crippen molar-refractivity contribution < 1.29 is 42.8 Å². The third-order valence-corrected chi connectivity index (χ3v) is 25.9. The van der Waals surface area contributed by atoms with Crippen molar-refractivity contribution in [2.75, 3.05) is 177 Å². The van der Waals surface area contributed by atoms with E-state index in [9.17, 15) is 14.4 Å². The predicted octanol–water partition coefficient (Wildman–Crippen LogP) is 15.9. The van der Waals surface area contributed by atoms with Gasteiger partial charge in [0, 0.05) is 210 Å². The summed E-state index contributed by atoms with van der Waals surface area (Å²) < 4.78 is 39.3. The van der Waals surface area contributed by atoms with E-state index in [-0.39, 0.29) is 17.7 Å². The zero-order chi connectivity index (χ0) is 88.6. The summed E-state index contributed by atoms with van der Waals surface area (Å²) in [4.78, 5) is 86.9. The maximum atomic E-state index is 11.9. The Morgan fingerprint density at radius 2 is 0.714 bits per heavy atom. The van der Waals surface area contributed by atoms with E-state index >= 15 is 0 Å². The Bertz CT molecular complexity index is 5760. The van der Waals surface area contributed by atoms with Gasteiger partial charge in [-0.2, -0.15) is 9.97 Å². The van der Waals surface area contributed by atoms with Crippen molar-refractivity contribution in [1.82, 2.24) is 82.5 Å². The normalized spacial score (nSPS) is 15.2. The molecule has 0 atom stereocenters. The number of fused-ring (bicyclic) bond motifs is 9. The maximum absolute atomic E-state index is 11.9. The van der Waals surface area contributed by atoms with Crippen LogP contribution in [0.25, 0.3) is 83.3 Å². The zero-order valence-electron chi connectivity index (χ0n) is 71.7. The van der Waals surface area contributed by atoms with Gasteiger partial charge in [0.25, 0.3) is 0 Å². The van der Waals surface area contributed by atoms with Crippen molar-refractivity contribution >= 4 is 155 Å². The van der Waals surface area contributed by atoms with E-state index in [4.69, 9.17) is 128 Å². The summed E-state index contributed by atoms with van der Waals surface area (Å²) in [5.41, 5.74) is 11.3. The van der Waals surface area contributed by atoms with E-state index in [1.807, 2.05) is 66.5 Å². The van der Waals surface area contributed by atoms with Crippen LogP contribution in [0.15, 0.2) is 118 Å². The second-order valence-electron chi connectivity index (χ2n) is 31.7. The average Bonchev–Trinajstić information content (AvgIpc) is 1.56. The Kier molecular flexibility index (Phi) is 28.9. The Balaban J connectivity index is 0.000000146. The number of nitrogens with zero attached hydrogens (tertiary/aromatic N) is 17. The molecule has 3 aliphatic heterocycles. The molecule has 29 nitrogen and oxygen atoms in total. The van der Waals surface area contributed by atoms with Gasteiger partial charge in [-0.15, -0.1) is 0 Å². The molecule has 2 saturated carbocycles. The van der Waals surface area contributed by atoms with Crippen LogP contribution in [0.5, 0.6) is 34.5 Å². The second kappa shape index (κ2) is 40.5. The number of anilines is 3. The lowest BCUT2D eigenvalue weighted by Crippen LogP contribution is -2.48. The lowest BCUT2D eigenvalue weighted by molar-refractivity contribution is -0.128. The minimum atomic E-state index is -0.00789. The smallest absolute Gasteiger partial charge is 0.246 e. The van der Waals surface area contributed by atoms with Crippen LogP contribution in [0, 0.1) is 11.8 Å². The van der Waals surface area contributed by atoms with Gasteiger partial charge < -0.3 is 59.1 Å². The Morgan fingerprint density at radius 3 is 1.06 bits per heavy atom. The first kappa shape index (κ1) is 90.1. The summed E-state index contributed by atoms with van der Waals surface area (Å²) in [6.07, 6.45) is 25.9. The van der Waals surface area contributed by atoms with Crippen LogP contribution in [0.2, 0.25) is 30.1 Å². The molecule has 126 heavy (non-hydrogen) atoms. The second-order valence-corrected chi connectivity index (χ2v) is 34.0. The van der Waals surface area contributed by atoms with Crippen molar-refractivity contribution in [2.24, 2.45) is 11.8 Å². The first-order valence-corrected chi connectivity index (χ1v) is 44.5. The molecule has 5 aliphatic rings. The number of carbonyl (C=O) groups is 3. The average molecular weight is 1830 g/mol. The lowest BCUT2D eigenvalue weighted by Gasteiger charge is -2.34. The van der Waals surface area contributed by atoms with Crippen molar-refractivity contribution in [3.63, 3.8) is 0 Å². The Hall–Kier alpha value is -10.7. The zero-order valence-corrected chi connectivity index (χ0v) is 76.2.